The fourth-order valence-electron chi connectivity index (χ4n) is 3.38. The van der Waals surface area contributed by atoms with Crippen molar-refractivity contribution < 1.29 is 9.13 Å². The van der Waals surface area contributed by atoms with Crippen molar-refractivity contribution in [1.29, 1.82) is 0 Å². The number of halogens is 1. The molecule has 1 aromatic heterocycles. The second-order valence-electron chi connectivity index (χ2n) is 6.57. The smallest absolute Gasteiger partial charge is 0.127 e. The zero-order valence-electron chi connectivity index (χ0n) is 14.1. The number of hydrogen-bond acceptors (Lipinski definition) is 3. The summed E-state index contributed by atoms with van der Waals surface area (Å²) in [6.45, 7) is 2.52. The third-order valence-electron chi connectivity index (χ3n) is 4.80. The van der Waals surface area contributed by atoms with Crippen LogP contribution in [0.1, 0.15) is 18.4 Å². The van der Waals surface area contributed by atoms with Gasteiger partial charge in [-0.05, 0) is 48.6 Å². The van der Waals surface area contributed by atoms with Crippen molar-refractivity contribution in [2.45, 2.75) is 25.5 Å². The van der Waals surface area contributed by atoms with Crippen molar-refractivity contribution in [3.63, 3.8) is 0 Å². The van der Waals surface area contributed by atoms with Crippen molar-refractivity contribution in [2.24, 2.45) is 0 Å². The van der Waals surface area contributed by atoms with E-state index in [4.69, 9.17) is 4.74 Å². The highest BCUT2D eigenvalue weighted by atomic mass is 19.1. The second-order valence-corrected chi connectivity index (χ2v) is 6.57. The number of piperidine rings is 1. The minimum Gasteiger partial charge on any atom is -0.490 e. The number of ether oxygens (including phenoxy) is 1. The molecule has 1 aliphatic heterocycles. The van der Waals surface area contributed by atoms with E-state index in [0.29, 0.717) is 6.54 Å². The molecule has 128 valence electrons. The standard InChI is InChI=1S/C21H21FN2O/c22-21-4-2-1-3-18(21)15-24-11-8-19(9-12-24)25-20-6-5-17-14-23-10-7-16(17)13-20/h1-7,10,13-14,19H,8-9,11-12,15H2. The highest BCUT2D eigenvalue weighted by Crippen LogP contribution is 2.24. The van der Waals surface area contributed by atoms with Gasteiger partial charge in [0.25, 0.3) is 0 Å². The Balaban J connectivity index is 1.34. The summed E-state index contributed by atoms with van der Waals surface area (Å²) in [6, 6.07) is 15.1. The average molecular weight is 336 g/mol. The molecule has 0 bridgehead atoms. The fraction of sp³-hybridized carbons (Fsp3) is 0.286. The summed E-state index contributed by atoms with van der Waals surface area (Å²) in [4.78, 5) is 6.43. The SMILES string of the molecule is Fc1ccccc1CN1CCC(Oc2ccc3cnccc3c2)CC1. The van der Waals surface area contributed by atoms with Gasteiger partial charge in [0.1, 0.15) is 17.7 Å². The topological polar surface area (TPSA) is 25.4 Å². The summed E-state index contributed by atoms with van der Waals surface area (Å²) >= 11 is 0. The number of hydrogen-bond donors (Lipinski definition) is 0. The number of benzene rings is 2. The maximum absolute atomic E-state index is 13.8. The Kier molecular flexibility index (Phi) is 4.61. The van der Waals surface area contributed by atoms with Crippen molar-refractivity contribution >= 4 is 10.8 Å². The van der Waals surface area contributed by atoms with E-state index in [-0.39, 0.29) is 11.9 Å². The van der Waals surface area contributed by atoms with Crippen LogP contribution in [0.25, 0.3) is 10.8 Å². The Morgan fingerprint density at radius 2 is 1.88 bits per heavy atom. The lowest BCUT2D eigenvalue weighted by Crippen LogP contribution is -2.37. The first-order chi connectivity index (χ1) is 12.3. The molecule has 0 amide bonds. The zero-order chi connectivity index (χ0) is 17.1. The van der Waals surface area contributed by atoms with Gasteiger partial charge in [0.15, 0.2) is 0 Å². The van der Waals surface area contributed by atoms with Gasteiger partial charge in [-0.25, -0.2) is 4.39 Å². The van der Waals surface area contributed by atoms with E-state index in [9.17, 15) is 4.39 Å². The van der Waals surface area contributed by atoms with Gasteiger partial charge in [0, 0.05) is 43.0 Å². The summed E-state index contributed by atoms with van der Waals surface area (Å²) in [5.41, 5.74) is 0.769. The molecule has 4 heteroatoms. The van der Waals surface area contributed by atoms with Crippen LogP contribution in [0.15, 0.2) is 60.9 Å². The maximum Gasteiger partial charge on any atom is 0.127 e. The summed E-state index contributed by atoms with van der Waals surface area (Å²) < 4.78 is 19.9. The number of fused-ring (bicyclic) bond motifs is 1. The molecule has 3 aromatic rings. The number of rotatable bonds is 4. The lowest BCUT2D eigenvalue weighted by Gasteiger charge is -2.32. The van der Waals surface area contributed by atoms with Crippen LogP contribution >= 0.6 is 0 Å². The molecule has 3 nitrogen and oxygen atoms in total. The number of likely N-dealkylation sites (tertiary alicyclic amines) is 1. The van der Waals surface area contributed by atoms with Crippen LogP contribution < -0.4 is 4.74 Å². The van der Waals surface area contributed by atoms with E-state index in [2.05, 4.69) is 16.0 Å². The molecular formula is C21H21FN2O. The van der Waals surface area contributed by atoms with Crippen LogP contribution in [-0.4, -0.2) is 29.1 Å². The van der Waals surface area contributed by atoms with Crippen LogP contribution in [0.3, 0.4) is 0 Å². The second kappa shape index (κ2) is 7.19. The monoisotopic (exact) mass is 336 g/mol. The van der Waals surface area contributed by atoms with Gasteiger partial charge in [-0.2, -0.15) is 0 Å². The van der Waals surface area contributed by atoms with E-state index in [0.717, 1.165) is 48.0 Å². The molecule has 0 aliphatic carbocycles. The highest BCUT2D eigenvalue weighted by Gasteiger charge is 2.21. The summed E-state index contributed by atoms with van der Waals surface area (Å²) in [7, 11) is 0. The Morgan fingerprint density at radius 3 is 2.72 bits per heavy atom. The summed E-state index contributed by atoms with van der Waals surface area (Å²) in [5, 5.41) is 2.26. The van der Waals surface area contributed by atoms with E-state index >= 15 is 0 Å². The van der Waals surface area contributed by atoms with Gasteiger partial charge in [-0.3, -0.25) is 9.88 Å². The predicted octanol–water partition coefficient (Wildman–Crippen LogP) is 4.42. The largest absolute Gasteiger partial charge is 0.490 e. The molecular weight excluding hydrogens is 315 g/mol. The van der Waals surface area contributed by atoms with Gasteiger partial charge in [0.2, 0.25) is 0 Å². The molecule has 0 radical (unpaired) electrons. The normalized spacial score (nSPS) is 16.2. The third-order valence-corrected chi connectivity index (χ3v) is 4.80. The van der Waals surface area contributed by atoms with Gasteiger partial charge in [0.05, 0.1) is 0 Å². The molecule has 1 aliphatic rings. The first-order valence-electron chi connectivity index (χ1n) is 8.74. The number of nitrogens with zero attached hydrogens (tertiary/aromatic N) is 2. The molecule has 4 rings (SSSR count). The van der Waals surface area contributed by atoms with Crippen LogP contribution in [0, 0.1) is 5.82 Å². The molecule has 2 aromatic carbocycles. The molecule has 0 saturated carbocycles. The molecule has 2 heterocycles. The van der Waals surface area contributed by atoms with E-state index in [1.165, 1.54) is 6.07 Å². The maximum atomic E-state index is 13.8. The van der Waals surface area contributed by atoms with Crippen LogP contribution in [0.2, 0.25) is 0 Å². The lowest BCUT2D eigenvalue weighted by atomic mass is 10.1. The Bertz CT molecular complexity index is 859. The fourth-order valence-corrected chi connectivity index (χ4v) is 3.38. The number of aromatic nitrogens is 1. The van der Waals surface area contributed by atoms with Gasteiger partial charge in [-0.1, -0.05) is 18.2 Å². The Labute approximate surface area is 147 Å². The van der Waals surface area contributed by atoms with Gasteiger partial charge < -0.3 is 4.74 Å². The lowest BCUT2D eigenvalue weighted by molar-refractivity contribution is 0.0963. The van der Waals surface area contributed by atoms with Crippen LogP contribution in [-0.2, 0) is 6.54 Å². The third kappa shape index (κ3) is 3.80. The molecule has 0 spiro atoms. The first kappa shape index (κ1) is 16.0. The minimum atomic E-state index is -0.119. The molecule has 0 unspecified atom stereocenters. The van der Waals surface area contributed by atoms with Gasteiger partial charge in [-0.15, -0.1) is 0 Å². The molecule has 1 fully saturated rings. The summed E-state index contributed by atoms with van der Waals surface area (Å²) in [6.07, 6.45) is 5.80. The van der Waals surface area contributed by atoms with E-state index in [1.807, 2.05) is 36.5 Å². The van der Waals surface area contributed by atoms with E-state index < -0.39 is 0 Å². The van der Waals surface area contributed by atoms with Crippen molar-refractivity contribution in [1.82, 2.24) is 9.88 Å². The quantitative estimate of drug-likeness (QED) is 0.705. The molecule has 25 heavy (non-hydrogen) atoms. The van der Waals surface area contributed by atoms with Crippen molar-refractivity contribution in [2.75, 3.05) is 13.1 Å². The zero-order valence-corrected chi connectivity index (χ0v) is 14.1. The first-order valence-corrected chi connectivity index (χ1v) is 8.74. The Morgan fingerprint density at radius 1 is 1.04 bits per heavy atom. The minimum absolute atomic E-state index is 0.119. The Hall–Kier alpha value is -2.46. The summed E-state index contributed by atoms with van der Waals surface area (Å²) in [5.74, 6) is 0.790. The van der Waals surface area contributed by atoms with Crippen LogP contribution in [0.4, 0.5) is 4.39 Å². The molecule has 0 atom stereocenters. The number of pyridine rings is 1. The molecule has 1 saturated heterocycles. The average Bonchev–Trinajstić information content (AvgIpc) is 2.65. The van der Waals surface area contributed by atoms with E-state index in [1.54, 1.807) is 12.3 Å². The van der Waals surface area contributed by atoms with Crippen molar-refractivity contribution in [3.05, 3.63) is 72.3 Å². The molecule has 0 N–H and O–H groups in total. The predicted molar refractivity (Wildman–Crippen MR) is 97.1 cm³/mol. The van der Waals surface area contributed by atoms with Crippen LogP contribution in [0.5, 0.6) is 5.75 Å². The van der Waals surface area contributed by atoms with Gasteiger partial charge >= 0.3 is 0 Å². The van der Waals surface area contributed by atoms with Crippen molar-refractivity contribution in [3.8, 4) is 5.75 Å². The highest BCUT2D eigenvalue weighted by molar-refractivity contribution is 5.82.